The summed E-state index contributed by atoms with van der Waals surface area (Å²) >= 11 is 0. The highest BCUT2D eigenvalue weighted by atomic mass is 16.6. The van der Waals surface area contributed by atoms with Crippen LogP contribution < -0.4 is 5.32 Å². The molecule has 27 heavy (non-hydrogen) atoms. The summed E-state index contributed by atoms with van der Waals surface area (Å²) in [6, 6.07) is -0.0476. The highest BCUT2D eigenvalue weighted by Crippen LogP contribution is 2.32. The van der Waals surface area contributed by atoms with E-state index in [9.17, 15) is 14.4 Å². The van der Waals surface area contributed by atoms with Crippen LogP contribution in [-0.4, -0.2) is 54.2 Å². The molecule has 2 fully saturated rings. The minimum absolute atomic E-state index is 0.0120. The van der Waals surface area contributed by atoms with E-state index < -0.39 is 5.60 Å². The van der Waals surface area contributed by atoms with Crippen LogP contribution in [0, 0.1) is 11.8 Å². The van der Waals surface area contributed by atoms with Gasteiger partial charge in [-0.05, 0) is 65.7 Å². The summed E-state index contributed by atoms with van der Waals surface area (Å²) in [5.41, 5.74) is -0.463. The van der Waals surface area contributed by atoms with Crippen molar-refractivity contribution >= 4 is 18.0 Å². The average molecular weight is 383 g/mol. The molecule has 0 radical (unpaired) electrons. The number of hydrogen-bond acceptors (Lipinski definition) is 5. The lowest BCUT2D eigenvalue weighted by atomic mass is 9.91. The number of nitrogens with one attached hydrogen (secondary N) is 1. The van der Waals surface area contributed by atoms with E-state index in [1.54, 1.807) is 11.8 Å². The van der Waals surface area contributed by atoms with Crippen molar-refractivity contribution in [2.75, 3.05) is 19.7 Å². The van der Waals surface area contributed by atoms with E-state index >= 15 is 0 Å². The first-order chi connectivity index (χ1) is 12.7. The van der Waals surface area contributed by atoms with Gasteiger partial charge in [-0.1, -0.05) is 0 Å². The Balaban J connectivity index is 1.56. The van der Waals surface area contributed by atoms with Crippen molar-refractivity contribution < 1.29 is 23.9 Å². The minimum atomic E-state index is -0.463. The Morgan fingerprint density at radius 2 is 1.81 bits per heavy atom. The van der Waals surface area contributed by atoms with Crippen molar-refractivity contribution in [1.82, 2.24) is 10.2 Å². The fraction of sp³-hybridized carbons (Fsp3) is 0.850. The maximum atomic E-state index is 12.1. The van der Waals surface area contributed by atoms with Crippen molar-refractivity contribution in [2.45, 2.75) is 77.9 Å². The molecule has 0 aromatic rings. The van der Waals surface area contributed by atoms with Crippen molar-refractivity contribution in [1.29, 1.82) is 0 Å². The maximum Gasteiger partial charge on any atom is 0.410 e. The van der Waals surface area contributed by atoms with Gasteiger partial charge in [0.25, 0.3) is 0 Å². The van der Waals surface area contributed by atoms with Crippen LogP contribution >= 0.6 is 0 Å². The molecule has 0 aromatic carbocycles. The van der Waals surface area contributed by atoms with Crippen LogP contribution in [0.1, 0.15) is 66.2 Å². The van der Waals surface area contributed by atoms with E-state index in [1.165, 1.54) is 0 Å². The Labute approximate surface area is 162 Å². The molecule has 1 N–H and O–H groups in total. The molecule has 1 aliphatic carbocycles. The molecule has 7 nitrogen and oxygen atoms in total. The van der Waals surface area contributed by atoms with Crippen LogP contribution in [0.2, 0.25) is 0 Å². The monoisotopic (exact) mass is 382 g/mol. The number of piperidine rings is 1. The van der Waals surface area contributed by atoms with Gasteiger partial charge in [0, 0.05) is 25.6 Å². The van der Waals surface area contributed by atoms with Gasteiger partial charge < -0.3 is 19.7 Å². The quantitative estimate of drug-likeness (QED) is 0.685. The van der Waals surface area contributed by atoms with Gasteiger partial charge in [0.2, 0.25) is 5.91 Å². The molecular formula is C20H34N2O5. The van der Waals surface area contributed by atoms with Gasteiger partial charge in [-0.2, -0.15) is 0 Å². The molecule has 0 bridgehead atoms. The second kappa shape index (κ2) is 9.42. The van der Waals surface area contributed by atoms with E-state index in [-0.39, 0.29) is 29.9 Å². The number of hydrogen-bond donors (Lipinski definition) is 1. The van der Waals surface area contributed by atoms with E-state index in [1.807, 2.05) is 20.8 Å². The van der Waals surface area contributed by atoms with Gasteiger partial charge in [0.1, 0.15) is 5.60 Å². The number of esters is 1. The number of carbonyl (C=O) groups is 3. The van der Waals surface area contributed by atoms with Crippen molar-refractivity contribution in [3.8, 4) is 0 Å². The number of rotatable bonds is 7. The summed E-state index contributed by atoms with van der Waals surface area (Å²) in [6.07, 6.45) is 4.66. The lowest BCUT2D eigenvalue weighted by molar-refractivity contribution is -0.144. The molecule has 154 valence electrons. The predicted octanol–water partition coefficient (Wildman–Crippen LogP) is 2.87. The number of carbonyl (C=O) groups excluding carboxylic acids is 3. The average Bonchev–Trinajstić information content (AvgIpc) is 3.33. The topological polar surface area (TPSA) is 84.9 Å². The Kier molecular flexibility index (Phi) is 7.50. The van der Waals surface area contributed by atoms with Crippen LogP contribution in [0.15, 0.2) is 0 Å². The SMILES string of the molecule is CCOC(=O)C1CC1NC(=O)CCCC1CCN(C(=O)OC(C)(C)C)CC1. The third-order valence-electron chi connectivity index (χ3n) is 5.01. The second-order valence-electron chi connectivity index (χ2n) is 8.57. The van der Waals surface area contributed by atoms with Gasteiger partial charge in [-0.15, -0.1) is 0 Å². The molecule has 1 aliphatic heterocycles. The molecule has 2 amide bonds. The molecule has 1 saturated heterocycles. The molecule has 2 unspecified atom stereocenters. The zero-order valence-electron chi connectivity index (χ0n) is 17.1. The van der Waals surface area contributed by atoms with E-state index in [4.69, 9.17) is 9.47 Å². The first-order valence-corrected chi connectivity index (χ1v) is 10.1. The smallest absolute Gasteiger partial charge is 0.410 e. The Bertz CT molecular complexity index is 535. The molecule has 7 heteroatoms. The maximum absolute atomic E-state index is 12.1. The van der Waals surface area contributed by atoms with Gasteiger partial charge >= 0.3 is 12.1 Å². The molecule has 0 aromatic heterocycles. The molecule has 0 spiro atoms. The van der Waals surface area contributed by atoms with Gasteiger partial charge in [-0.3, -0.25) is 9.59 Å². The zero-order chi connectivity index (χ0) is 20.0. The number of amides is 2. The lowest BCUT2D eigenvalue weighted by Crippen LogP contribution is -2.41. The standard InChI is InChI=1S/C20H34N2O5/c1-5-26-18(24)15-13-16(15)21-17(23)8-6-7-14-9-11-22(12-10-14)19(25)27-20(2,3)4/h14-16H,5-13H2,1-4H3,(H,21,23). The highest BCUT2D eigenvalue weighted by molar-refractivity contribution is 5.81. The van der Waals surface area contributed by atoms with Crippen LogP contribution in [0.3, 0.4) is 0 Å². The van der Waals surface area contributed by atoms with Crippen molar-refractivity contribution in [2.24, 2.45) is 11.8 Å². The Hall–Kier alpha value is -1.79. The summed E-state index contributed by atoms with van der Waals surface area (Å²) in [7, 11) is 0. The zero-order valence-corrected chi connectivity index (χ0v) is 17.1. The molecule has 2 aliphatic rings. The summed E-state index contributed by atoms with van der Waals surface area (Å²) in [5, 5.41) is 2.92. The summed E-state index contributed by atoms with van der Waals surface area (Å²) in [4.78, 5) is 37.4. The van der Waals surface area contributed by atoms with E-state index in [0.29, 0.717) is 25.4 Å². The number of ether oxygens (including phenoxy) is 2. The number of likely N-dealkylation sites (tertiary alicyclic amines) is 1. The third kappa shape index (κ3) is 7.39. The molecule has 2 rings (SSSR count). The lowest BCUT2D eigenvalue weighted by Gasteiger charge is -2.33. The van der Waals surface area contributed by atoms with Crippen molar-refractivity contribution in [3.63, 3.8) is 0 Å². The normalized spacial score (nSPS) is 22.9. The van der Waals surface area contributed by atoms with Gasteiger partial charge in [0.05, 0.1) is 12.5 Å². The molecule has 1 saturated carbocycles. The van der Waals surface area contributed by atoms with E-state index in [2.05, 4.69) is 5.32 Å². The summed E-state index contributed by atoms with van der Waals surface area (Å²) in [5.74, 6) is 0.188. The van der Waals surface area contributed by atoms with Crippen molar-refractivity contribution in [3.05, 3.63) is 0 Å². The fourth-order valence-corrected chi connectivity index (χ4v) is 3.43. The third-order valence-corrected chi connectivity index (χ3v) is 5.01. The van der Waals surface area contributed by atoms with Gasteiger partial charge in [0.15, 0.2) is 0 Å². The Morgan fingerprint density at radius 1 is 1.15 bits per heavy atom. The summed E-state index contributed by atoms with van der Waals surface area (Å²) in [6.45, 7) is 9.22. The molecular weight excluding hydrogens is 348 g/mol. The predicted molar refractivity (Wildman–Crippen MR) is 101 cm³/mol. The first-order valence-electron chi connectivity index (χ1n) is 10.1. The number of nitrogens with zero attached hydrogens (tertiary/aromatic N) is 1. The van der Waals surface area contributed by atoms with Crippen LogP contribution in [0.4, 0.5) is 4.79 Å². The molecule has 1 heterocycles. The Morgan fingerprint density at radius 3 is 2.41 bits per heavy atom. The van der Waals surface area contributed by atoms with Crippen LogP contribution in [0.5, 0.6) is 0 Å². The minimum Gasteiger partial charge on any atom is -0.466 e. The molecule has 2 atom stereocenters. The highest BCUT2D eigenvalue weighted by Gasteiger charge is 2.45. The summed E-state index contributed by atoms with van der Waals surface area (Å²) < 4.78 is 10.4. The van der Waals surface area contributed by atoms with Gasteiger partial charge in [-0.25, -0.2) is 4.79 Å². The first kappa shape index (κ1) is 21.5. The second-order valence-corrected chi connectivity index (χ2v) is 8.57. The van der Waals surface area contributed by atoms with E-state index in [0.717, 1.165) is 38.8 Å². The van der Waals surface area contributed by atoms with Crippen LogP contribution in [-0.2, 0) is 19.1 Å². The largest absolute Gasteiger partial charge is 0.466 e. The fourth-order valence-electron chi connectivity index (χ4n) is 3.43. The van der Waals surface area contributed by atoms with Crippen LogP contribution in [0.25, 0.3) is 0 Å².